The highest BCUT2D eigenvalue weighted by Crippen LogP contribution is 2.49. The van der Waals surface area contributed by atoms with Crippen LogP contribution in [0.4, 0.5) is 11.4 Å². The molecule has 2 N–H and O–H groups in total. The first-order chi connectivity index (χ1) is 14.7. The highest BCUT2D eigenvalue weighted by atomic mass is 35.5. The molecule has 2 heterocycles. The van der Waals surface area contributed by atoms with E-state index in [-0.39, 0.29) is 33.6 Å². The number of nitro benzene ring substituents is 1. The van der Waals surface area contributed by atoms with Gasteiger partial charge in [-0.3, -0.25) is 19.8 Å². The van der Waals surface area contributed by atoms with Gasteiger partial charge in [0.15, 0.2) is 5.78 Å². The lowest BCUT2D eigenvalue weighted by Crippen LogP contribution is -2.39. The number of nitrogens with zero attached hydrogens (tertiary/aromatic N) is 3. The van der Waals surface area contributed by atoms with Gasteiger partial charge in [0.25, 0.3) is 5.69 Å². The minimum Gasteiger partial charge on any atom is -0.384 e. The first kappa shape index (κ1) is 21.1. The van der Waals surface area contributed by atoms with E-state index in [0.717, 1.165) is 15.3 Å². The number of aryl methyl sites for hydroxylation is 2. The maximum absolute atomic E-state index is 13.1. The van der Waals surface area contributed by atoms with Crippen LogP contribution in [0.1, 0.15) is 40.5 Å². The molecule has 0 fully saturated rings. The number of halogens is 1. The van der Waals surface area contributed by atoms with Crippen molar-refractivity contribution in [1.29, 1.82) is 5.26 Å². The molecule has 2 aromatic rings. The molecule has 1 atom stereocenters. The van der Waals surface area contributed by atoms with Crippen molar-refractivity contribution >= 4 is 40.1 Å². The number of Topliss-reactive ketones (excluding diaryl/α,β-unsaturated/α-hetero) is 1. The number of anilines is 1. The molecule has 0 spiro atoms. The zero-order valence-corrected chi connectivity index (χ0v) is 18.5. The number of nitrogens with two attached hydrogens (primary N) is 1. The van der Waals surface area contributed by atoms with Crippen LogP contribution in [0.2, 0.25) is 5.02 Å². The standard InChI is InChI=1S/C22H19ClN4O3S/c1-11-8-14(12(2)31-11)20-15(10-24)22(25)26(17-4-3-5-19(28)21(17)20)16-7-6-13(23)9-18(16)27(29)30/h6-9,20H,3-5,25H2,1-2H3/t20-/m1/s1. The molecule has 0 unspecified atom stereocenters. The third-order valence-electron chi connectivity index (χ3n) is 5.68. The van der Waals surface area contributed by atoms with Crippen molar-refractivity contribution in [2.24, 2.45) is 5.73 Å². The Hall–Kier alpha value is -3.15. The smallest absolute Gasteiger partial charge is 0.294 e. The second-order valence-electron chi connectivity index (χ2n) is 7.57. The molecule has 7 nitrogen and oxygen atoms in total. The molecule has 1 aliphatic heterocycles. The van der Waals surface area contributed by atoms with E-state index in [0.29, 0.717) is 30.5 Å². The van der Waals surface area contributed by atoms with E-state index in [2.05, 4.69) is 6.07 Å². The number of benzene rings is 1. The minimum atomic E-state index is -0.569. The Kier molecular flexibility index (Phi) is 5.33. The summed E-state index contributed by atoms with van der Waals surface area (Å²) in [6, 6.07) is 8.47. The number of hydrogen-bond donors (Lipinski definition) is 1. The van der Waals surface area contributed by atoms with Gasteiger partial charge < -0.3 is 5.73 Å². The summed E-state index contributed by atoms with van der Waals surface area (Å²) < 4.78 is 0. The third-order valence-corrected chi connectivity index (χ3v) is 6.90. The number of ketones is 1. The largest absolute Gasteiger partial charge is 0.384 e. The summed E-state index contributed by atoms with van der Waals surface area (Å²) in [4.78, 5) is 27.9. The Labute approximate surface area is 188 Å². The fourth-order valence-electron chi connectivity index (χ4n) is 4.44. The van der Waals surface area contributed by atoms with Crippen LogP contribution in [0, 0.1) is 35.3 Å². The summed E-state index contributed by atoms with van der Waals surface area (Å²) in [6.45, 7) is 3.94. The molecule has 1 aliphatic carbocycles. The van der Waals surface area contributed by atoms with E-state index >= 15 is 0 Å². The Morgan fingerprint density at radius 3 is 2.68 bits per heavy atom. The monoisotopic (exact) mass is 454 g/mol. The minimum absolute atomic E-state index is 0.0589. The molecule has 31 heavy (non-hydrogen) atoms. The summed E-state index contributed by atoms with van der Waals surface area (Å²) in [5.41, 5.74) is 8.68. The Morgan fingerprint density at radius 2 is 2.06 bits per heavy atom. The van der Waals surface area contributed by atoms with Crippen LogP contribution >= 0.6 is 22.9 Å². The van der Waals surface area contributed by atoms with E-state index in [1.165, 1.54) is 23.1 Å². The predicted molar refractivity (Wildman–Crippen MR) is 120 cm³/mol. The van der Waals surface area contributed by atoms with Gasteiger partial charge in [-0.25, -0.2) is 0 Å². The molecule has 0 radical (unpaired) electrons. The molecule has 158 valence electrons. The Morgan fingerprint density at radius 1 is 1.32 bits per heavy atom. The van der Waals surface area contributed by atoms with Crippen LogP contribution in [-0.4, -0.2) is 10.7 Å². The van der Waals surface area contributed by atoms with Crippen molar-refractivity contribution in [3.8, 4) is 6.07 Å². The molecule has 0 saturated carbocycles. The molecular formula is C22H19ClN4O3S. The molecule has 4 rings (SSSR count). The lowest BCUT2D eigenvalue weighted by Gasteiger charge is -2.39. The van der Waals surface area contributed by atoms with Gasteiger partial charge in [-0.15, -0.1) is 11.3 Å². The Bertz CT molecular complexity index is 1240. The number of nitro groups is 1. The zero-order chi connectivity index (χ0) is 22.4. The summed E-state index contributed by atoms with van der Waals surface area (Å²) in [5.74, 6) is -0.522. The van der Waals surface area contributed by atoms with Crippen LogP contribution in [0.3, 0.4) is 0 Å². The van der Waals surface area contributed by atoms with Gasteiger partial charge >= 0.3 is 0 Å². The van der Waals surface area contributed by atoms with E-state index < -0.39 is 10.8 Å². The molecule has 1 aromatic carbocycles. The summed E-state index contributed by atoms with van der Waals surface area (Å²) in [5, 5.41) is 22.0. The van der Waals surface area contributed by atoms with Gasteiger partial charge in [0.1, 0.15) is 11.5 Å². The lowest BCUT2D eigenvalue weighted by atomic mass is 9.75. The molecule has 9 heteroatoms. The van der Waals surface area contributed by atoms with Crippen LogP contribution < -0.4 is 10.6 Å². The van der Waals surface area contributed by atoms with Gasteiger partial charge in [-0.2, -0.15) is 5.26 Å². The number of thiophene rings is 1. The summed E-state index contributed by atoms with van der Waals surface area (Å²) in [7, 11) is 0. The number of hydrogen-bond acceptors (Lipinski definition) is 7. The van der Waals surface area contributed by atoms with Gasteiger partial charge in [0, 0.05) is 38.5 Å². The first-order valence-corrected chi connectivity index (χ1v) is 10.9. The van der Waals surface area contributed by atoms with Crippen molar-refractivity contribution in [2.45, 2.75) is 39.0 Å². The van der Waals surface area contributed by atoms with Crippen molar-refractivity contribution in [3.05, 3.63) is 77.4 Å². The van der Waals surface area contributed by atoms with E-state index in [1.54, 1.807) is 11.3 Å². The van der Waals surface area contributed by atoms with Crippen LogP contribution in [0.25, 0.3) is 0 Å². The van der Waals surface area contributed by atoms with Crippen molar-refractivity contribution in [3.63, 3.8) is 0 Å². The van der Waals surface area contributed by atoms with Crippen LogP contribution in [0.15, 0.2) is 46.9 Å². The molecule has 0 amide bonds. The quantitative estimate of drug-likeness (QED) is 0.501. The first-order valence-electron chi connectivity index (χ1n) is 9.71. The highest BCUT2D eigenvalue weighted by molar-refractivity contribution is 7.12. The lowest BCUT2D eigenvalue weighted by molar-refractivity contribution is -0.384. The fourth-order valence-corrected chi connectivity index (χ4v) is 5.57. The highest BCUT2D eigenvalue weighted by Gasteiger charge is 2.42. The normalized spacial score (nSPS) is 18.8. The van der Waals surface area contributed by atoms with Crippen LogP contribution in [0.5, 0.6) is 0 Å². The maximum Gasteiger partial charge on any atom is 0.294 e. The Balaban J connectivity index is 2.03. The number of carbonyl (C=O) groups is 1. The van der Waals surface area contributed by atoms with Crippen molar-refractivity contribution in [1.82, 2.24) is 0 Å². The van der Waals surface area contributed by atoms with Crippen molar-refractivity contribution in [2.75, 3.05) is 4.90 Å². The van der Waals surface area contributed by atoms with Gasteiger partial charge in [-0.1, -0.05) is 11.6 Å². The molecular weight excluding hydrogens is 436 g/mol. The topological polar surface area (TPSA) is 113 Å². The van der Waals surface area contributed by atoms with Gasteiger partial charge in [0.2, 0.25) is 0 Å². The van der Waals surface area contributed by atoms with E-state index in [1.807, 2.05) is 19.9 Å². The van der Waals surface area contributed by atoms with Crippen LogP contribution in [-0.2, 0) is 4.79 Å². The van der Waals surface area contributed by atoms with Gasteiger partial charge in [-0.05, 0) is 50.5 Å². The summed E-state index contributed by atoms with van der Waals surface area (Å²) in [6.07, 6.45) is 1.50. The predicted octanol–water partition coefficient (Wildman–Crippen LogP) is 5.23. The number of carbonyl (C=O) groups excluding carboxylic acids is 1. The SMILES string of the molecule is Cc1cc([C@@H]2C(C#N)=C(N)N(c3ccc(Cl)cc3[N+](=O)[O-])C3=C2C(=O)CCC3)c(C)s1. The maximum atomic E-state index is 13.1. The molecule has 1 aromatic heterocycles. The fraction of sp³-hybridized carbons (Fsp3) is 0.273. The number of nitriles is 1. The number of allylic oxidation sites excluding steroid dienone is 3. The average Bonchev–Trinajstić information content (AvgIpc) is 3.05. The van der Waals surface area contributed by atoms with Gasteiger partial charge in [0.05, 0.1) is 22.5 Å². The molecule has 0 bridgehead atoms. The second-order valence-corrected chi connectivity index (χ2v) is 9.47. The average molecular weight is 455 g/mol. The zero-order valence-electron chi connectivity index (χ0n) is 16.9. The third kappa shape index (κ3) is 3.40. The number of rotatable bonds is 3. The van der Waals surface area contributed by atoms with E-state index in [9.17, 15) is 20.2 Å². The molecule has 0 saturated heterocycles. The van der Waals surface area contributed by atoms with Crippen molar-refractivity contribution < 1.29 is 9.72 Å². The molecule has 2 aliphatic rings. The van der Waals surface area contributed by atoms with E-state index in [4.69, 9.17) is 17.3 Å². The summed E-state index contributed by atoms with van der Waals surface area (Å²) >= 11 is 7.59. The second kappa shape index (κ2) is 7.84.